The van der Waals surface area contributed by atoms with E-state index < -0.39 is 0 Å². The summed E-state index contributed by atoms with van der Waals surface area (Å²) in [6.45, 7) is 0.628. The van der Waals surface area contributed by atoms with Crippen molar-refractivity contribution in [3.63, 3.8) is 0 Å². The number of hydrogen-bond acceptors (Lipinski definition) is 5. The normalized spacial score (nSPS) is 17.6. The minimum atomic E-state index is -0.323. The van der Waals surface area contributed by atoms with E-state index in [2.05, 4.69) is 10.1 Å². The van der Waals surface area contributed by atoms with Gasteiger partial charge in [-0.2, -0.15) is 4.98 Å². The Balaban J connectivity index is 1.61. The zero-order chi connectivity index (χ0) is 17.2. The summed E-state index contributed by atoms with van der Waals surface area (Å²) in [6, 6.07) is 7.27. The van der Waals surface area contributed by atoms with Gasteiger partial charge in [-0.15, -0.1) is 0 Å². The van der Waals surface area contributed by atoms with Gasteiger partial charge in [-0.3, -0.25) is 4.79 Å². The Kier molecular flexibility index (Phi) is 4.05. The highest BCUT2D eigenvalue weighted by Crippen LogP contribution is 2.32. The molecule has 0 unspecified atom stereocenters. The van der Waals surface area contributed by atoms with E-state index >= 15 is 0 Å². The van der Waals surface area contributed by atoms with Crippen molar-refractivity contribution < 1.29 is 18.1 Å². The molecule has 0 spiro atoms. The number of amides is 1. The van der Waals surface area contributed by atoms with Crippen molar-refractivity contribution >= 4 is 5.91 Å². The van der Waals surface area contributed by atoms with Gasteiger partial charge in [0.2, 0.25) is 11.7 Å². The van der Waals surface area contributed by atoms with Crippen LogP contribution in [0, 0.1) is 5.82 Å². The third-order valence-electron chi connectivity index (χ3n) is 4.36. The molecule has 1 atom stereocenters. The molecule has 1 aliphatic heterocycles. The molecule has 0 radical (unpaired) electrons. The van der Waals surface area contributed by atoms with Crippen LogP contribution >= 0.6 is 0 Å². The van der Waals surface area contributed by atoms with Gasteiger partial charge in [0.1, 0.15) is 18.1 Å². The molecular weight excluding hydrogens is 325 g/mol. The first kappa shape index (κ1) is 15.6. The lowest BCUT2D eigenvalue weighted by Gasteiger charge is -2.33. The average molecular weight is 341 g/mol. The molecule has 6 nitrogen and oxygen atoms in total. The summed E-state index contributed by atoms with van der Waals surface area (Å²) >= 11 is 0. The van der Waals surface area contributed by atoms with Gasteiger partial charge in [-0.05, 0) is 49.6 Å². The monoisotopic (exact) mass is 341 g/mol. The lowest BCUT2D eigenvalue weighted by atomic mass is 10.0. The number of likely N-dealkylation sites (tertiary alicyclic amines) is 1. The van der Waals surface area contributed by atoms with Gasteiger partial charge in [0, 0.05) is 12.1 Å². The smallest absolute Gasteiger partial charge is 0.257 e. The predicted octanol–water partition coefficient (Wildman–Crippen LogP) is 3.84. The van der Waals surface area contributed by atoms with Crippen molar-refractivity contribution in [1.29, 1.82) is 0 Å². The second-order valence-electron chi connectivity index (χ2n) is 5.99. The second-order valence-corrected chi connectivity index (χ2v) is 5.99. The maximum Gasteiger partial charge on any atom is 0.257 e. The van der Waals surface area contributed by atoms with Crippen molar-refractivity contribution in [3.05, 3.63) is 60.1 Å². The SMILES string of the molecule is O=C(c1ccoc1)N1CCCC[C@@H]1c1nc(-c2ccc(F)cc2)no1. The summed E-state index contributed by atoms with van der Waals surface area (Å²) in [5, 5.41) is 3.98. The van der Waals surface area contributed by atoms with E-state index in [4.69, 9.17) is 8.94 Å². The van der Waals surface area contributed by atoms with Gasteiger partial charge < -0.3 is 13.8 Å². The molecule has 128 valence electrons. The van der Waals surface area contributed by atoms with Crippen molar-refractivity contribution in [3.8, 4) is 11.4 Å². The Bertz CT molecular complexity index is 858. The van der Waals surface area contributed by atoms with Crippen LogP contribution in [0.5, 0.6) is 0 Å². The van der Waals surface area contributed by atoms with Crippen molar-refractivity contribution in [2.45, 2.75) is 25.3 Å². The van der Waals surface area contributed by atoms with Crippen LogP contribution < -0.4 is 0 Å². The summed E-state index contributed by atoms with van der Waals surface area (Å²) in [5.41, 5.74) is 1.17. The van der Waals surface area contributed by atoms with Gasteiger partial charge in [0.25, 0.3) is 5.91 Å². The molecule has 0 bridgehead atoms. The highest BCUT2D eigenvalue weighted by Gasteiger charge is 2.33. The first-order valence-corrected chi connectivity index (χ1v) is 8.15. The fourth-order valence-electron chi connectivity index (χ4n) is 3.07. The van der Waals surface area contributed by atoms with E-state index in [1.165, 1.54) is 24.7 Å². The van der Waals surface area contributed by atoms with Crippen molar-refractivity contribution in [1.82, 2.24) is 15.0 Å². The fourth-order valence-corrected chi connectivity index (χ4v) is 3.07. The van der Waals surface area contributed by atoms with Crippen LogP contribution in [0.3, 0.4) is 0 Å². The van der Waals surface area contributed by atoms with Gasteiger partial charge in [0.05, 0.1) is 11.8 Å². The molecule has 0 aliphatic carbocycles. The van der Waals surface area contributed by atoms with Gasteiger partial charge >= 0.3 is 0 Å². The summed E-state index contributed by atoms with van der Waals surface area (Å²) < 4.78 is 23.5. The molecule has 1 aromatic carbocycles. The zero-order valence-electron chi connectivity index (χ0n) is 13.4. The van der Waals surface area contributed by atoms with E-state index in [0.717, 1.165) is 19.3 Å². The molecule has 1 amide bonds. The highest BCUT2D eigenvalue weighted by molar-refractivity contribution is 5.94. The minimum absolute atomic E-state index is 0.111. The number of rotatable bonds is 3. The van der Waals surface area contributed by atoms with Crippen LogP contribution in [-0.2, 0) is 0 Å². The molecule has 3 heterocycles. The zero-order valence-corrected chi connectivity index (χ0v) is 13.4. The van der Waals surface area contributed by atoms with Crippen LogP contribution in [0.25, 0.3) is 11.4 Å². The van der Waals surface area contributed by atoms with E-state index in [-0.39, 0.29) is 17.8 Å². The molecule has 1 saturated heterocycles. The number of furan rings is 1. The van der Waals surface area contributed by atoms with Crippen LogP contribution in [-0.4, -0.2) is 27.5 Å². The predicted molar refractivity (Wildman–Crippen MR) is 86.0 cm³/mol. The standard InChI is InChI=1S/C18H16FN3O3/c19-14-6-4-12(5-7-14)16-20-17(25-21-16)15-3-1-2-9-22(15)18(23)13-8-10-24-11-13/h4-8,10-11,15H,1-3,9H2/t15-/m1/s1. The van der Waals surface area contributed by atoms with Crippen molar-refractivity contribution in [2.24, 2.45) is 0 Å². The molecule has 1 aliphatic rings. The van der Waals surface area contributed by atoms with Gasteiger partial charge in [-0.25, -0.2) is 4.39 Å². The number of hydrogen-bond donors (Lipinski definition) is 0. The van der Waals surface area contributed by atoms with Gasteiger partial charge in [-0.1, -0.05) is 5.16 Å². The maximum absolute atomic E-state index is 13.1. The van der Waals surface area contributed by atoms with Crippen LogP contribution in [0.4, 0.5) is 4.39 Å². The van der Waals surface area contributed by atoms with E-state index in [9.17, 15) is 9.18 Å². The molecule has 1 fully saturated rings. The Morgan fingerprint density at radius 1 is 1.20 bits per heavy atom. The Labute approximate surface area is 143 Å². The minimum Gasteiger partial charge on any atom is -0.472 e. The van der Waals surface area contributed by atoms with E-state index in [0.29, 0.717) is 29.4 Å². The molecule has 25 heavy (non-hydrogen) atoms. The van der Waals surface area contributed by atoms with Gasteiger partial charge in [0.15, 0.2) is 0 Å². The topological polar surface area (TPSA) is 72.4 Å². The Hall–Kier alpha value is -2.96. The largest absolute Gasteiger partial charge is 0.472 e. The first-order valence-electron chi connectivity index (χ1n) is 8.15. The lowest BCUT2D eigenvalue weighted by molar-refractivity contribution is 0.0560. The number of nitrogens with zero attached hydrogens (tertiary/aromatic N) is 3. The average Bonchev–Trinajstić information content (AvgIpc) is 3.34. The number of benzene rings is 1. The Morgan fingerprint density at radius 3 is 2.80 bits per heavy atom. The summed E-state index contributed by atoms with van der Waals surface area (Å²) in [4.78, 5) is 18.9. The Morgan fingerprint density at radius 2 is 2.04 bits per heavy atom. The third-order valence-corrected chi connectivity index (χ3v) is 4.36. The third kappa shape index (κ3) is 3.05. The lowest BCUT2D eigenvalue weighted by Crippen LogP contribution is -2.38. The molecule has 2 aromatic heterocycles. The first-order chi connectivity index (χ1) is 12.2. The van der Waals surface area contributed by atoms with Crippen molar-refractivity contribution in [2.75, 3.05) is 6.54 Å². The number of aromatic nitrogens is 2. The molecular formula is C18H16FN3O3. The molecule has 4 rings (SSSR count). The molecule has 7 heteroatoms. The van der Waals surface area contributed by atoms with E-state index in [1.54, 1.807) is 23.1 Å². The number of piperidine rings is 1. The van der Waals surface area contributed by atoms with Crippen LogP contribution in [0.15, 0.2) is 51.8 Å². The number of halogens is 1. The maximum atomic E-state index is 13.1. The molecule has 0 saturated carbocycles. The number of carbonyl (C=O) groups excluding carboxylic acids is 1. The summed E-state index contributed by atoms with van der Waals surface area (Å²) in [6.07, 6.45) is 5.58. The molecule has 3 aromatic rings. The highest BCUT2D eigenvalue weighted by atomic mass is 19.1. The summed E-state index contributed by atoms with van der Waals surface area (Å²) in [7, 11) is 0. The summed E-state index contributed by atoms with van der Waals surface area (Å²) in [5.74, 6) is 0.351. The van der Waals surface area contributed by atoms with Crippen LogP contribution in [0.1, 0.15) is 41.6 Å². The number of carbonyl (C=O) groups is 1. The van der Waals surface area contributed by atoms with Crippen LogP contribution in [0.2, 0.25) is 0 Å². The second kappa shape index (κ2) is 6.51. The van der Waals surface area contributed by atoms with E-state index in [1.807, 2.05) is 0 Å². The molecule has 0 N–H and O–H groups in total. The quantitative estimate of drug-likeness (QED) is 0.724. The fraction of sp³-hybridized carbons (Fsp3) is 0.278.